The molecule has 1 aliphatic heterocycles. The molecular formula is C38H47F3N8O8. The minimum Gasteiger partial charge on any atom is -0.444 e. The van der Waals surface area contributed by atoms with E-state index in [1.165, 1.54) is 29.2 Å². The molecule has 1 aromatic carbocycles. The molecule has 3 aromatic heterocycles. The molecule has 1 fully saturated rings. The van der Waals surface area contributed by atoms with E-state index in [4.69, 9.17) is 29.1 Å². The fourth-order valence-corrected chi connectivity index (χ4v) is 5.59. The van der Waals surface area contributed by atoms with E-state index in [1.807, 2.05) is 0 Å². The zero-order valence-electron chi connectivity index (χ0n) is 31.4. The van der Waals surface area contributed by atoms with Crippen molar-refractivity contribution in [3.05, 3.63) is 72.0 Å². The van der Waals surface area contributed by atoms with Gasteiger partial charge in [-0.25, -0.2) is 14.6 Å². The summed E-state index contributed by atoms with van der Waals surface area (Å²) >= 11 is 0. The molecule has 0 bridgehead atoms. The van der Waals surface area contributed by atoms with Gasteiger partial charge in [0.1, 0.15) is 18.6 Å². The SMILES string of the molecule is NC(=O)c1nn(-c2ccc(C(=O)NCCCCCOCCOCCCCOC3CCCCO3)cc2)cc1NC(=O)c1coc(-c2ccnc(NCC(F)(F)F)c2)n1. The molecule has 4 aromatic rings. The molecule has 4 heterocycles. The summed E-state index contributed by atoms with van der Waals surface area (Å²) in [6.07, 6.45) is 6.87. The van der Waals surface area contributed by atoms with Crippen molar-refractivity contribution in [1.82, 2.24) is 25.1 Å². The number of oxazole rings is 1. The van der Waals surface area contributed by atoms with Crippen LogP contribution in [-0.4, -0.2) is 103 Å². The van der Waals surface area contributed by atoms with Crippen LogP contribution >= 0.6 is 0 Å². The molecule has 1 unspecified atom stereocenters. The Morgan fingerprint density at radius 2 is 1.68 bits per heavy atom. The number of carbonyl (C=O) groups excluding carboxylic acids is 3. The topological polar surface area (TPSA) is 207 Å². The van der Waals surface area contributed by atoms with Crippen molar-refractivity contribution in [2.45, 2.75) is 63.8 Å². The predicted octanol–water partition coefficient (Wildman–Crippen LogP) is 5.50. The van der Waals surface area contributed by atoms with Gasteiger partial charge in [-0.2, -0.15) is 18.3 Å². The highest BCUT2D eigenvalue weighted by Crippen LogP contribution is 2.24. The van der Waals surface area contributed by atoms with Crippen LogP contribution in [0, 0.1) is 0 Å². The number of nitrogens with two attached hydrogens (primary N) is 1. The maximum absolute atomic E-state index is 13.0. The first kappa shape index (κ1) is 42.8. The molecule has 3 amide bonds. The van der Waals surface area contributed by atoms with Gasteiger partial charge in [0.05, 0.1) is 30.8 Å². The third-order valence-corrected chi connectivity index (χ3v) is 8.55. The number of benzene rings is 1. The summed E-state index contributed by atoms with van der Waals surface area (Å²) in [5.74, 6) is -2.05. The lowest BCUT2D eigenvalue weighted by Crippen LogP contribution is -2.24. The van der Waals surface area contributed by atoms with Crippen LogP contribution in [0.2, 0.25) is 0 Å². The molecule has 308 valence electrons. The smallest absolute Gasteiger partial charge is 0.405 e. The number of anilines is 2. The number of amides is 3. The molecule has 0 aliphatic carbocycles. The Morgan fingerprint density at radius 3 is 2.40 bits per heavy atom. The molecule has 1 atom stereocenters. The van der Waals surface area contributed by atoms with Crippen molar-refractivity contribution in [2.75, 3.05) is 63.4 Å². The van der Waals surface area contributed by atoms with Crippen LogP contribution < -0.4 is 21.7 Å². The third-order valence-electron chi connectivity index (χ3n) is 8.55. The van der Waals surface area contributed by atoms with Crippen LogP contribution in [0.15, 0.2) is 59.5 Å². The first-order valence-electron chi connectivity index (χ1n) is 18.8. The Morgan fingerprint density at radius 1 is 0.930 bits per heavy atom. The van der Waals surface area contributed by atoms with Crippen molar-refractivity contribution in [2.24, 2.45) is 5.73 Å². The van der Waals surface area contributed by atoms with Crippen LogP contribution in [-0.2, 0) is 18.9 Å². The van der Waals surface area contributed by atoms with Gasteiger partial charge in [0.25, 0.3) is 17.7 Å². The number of hydrogen-bond donors (Lipinski definition) is 4. The summed E-state index contributed by atoms with van der Waals surface area (Å²) in [4.78, 5) is 45.9. The Hall–Kier alpha value is -5.37. The van der Waals surface area contributed by atoms with E-state index in [0.29, 0.717) is 50.8 Å². The van der Waals surface area contributed by atoms with Crippen LogP contribution in [0.5, 0.6) is 0 Å². The summed E-state index contributed by atoms with van der Waals surface area (Å²) in [7, 11) is 0. The minimum absolute atomic E-state index is 0.0157. The summed E-state index contributed by atoms with van der Waals surface area (Å²) in [6, 6.07) is 9.18. The van der Waals surface area contributed by atoms with Gasteiger partial charge in [-0.05, 0) is 87.8 Å². The lowest BCUT2D eigenvalue weighted by Gasteiger charge is -2.22. The van der Waals surface area contributed by atoms with Crippen molar-refractivity contribution < 1.29 is 50.9 Å². The number of primary amides is 1. The second-order valence-electron chi connectivity index (χ2n) is 13.1. The maximum Gasteiger partial charge on any atom is 0.405 e. The van der Waals surface area contributed by atoms with Gasteiger partial charge in [-0.15, -0.1) is 0 Å². The lowest BCUT2D eigenvalue weighted by atomic mass is 10.2. The van der Waals surface area contributed by atoms with E-state index >= 15 is 0 Å². The molecule has 0 saturated carbocycles. The van der Waals surface area contributed by atoms with E-state index in [9.17, 15) is 27.6 Å². The van der Waals surface area contributed by atoms with Crippen LogP contribution in [0.4, 0.5) is 24.7 Å². The Kier molecular flexibility index (Phi) is 16.4. The first-order valence-corrected chi connectivity index (χ1v) is 18.8. The highest BCUT2D eigenvalue weighted by molar-refractivity contribution is 6.07. The Labute approximate surface area is 327 Å². The Bertz CT molecular complexity index is 1880. The lowest BCUT2D eigenvalue weighted by molar-refractivity contribution is -0.163. The second kappa shape index (κ2) is 21.8. The molecular weight excluding hydrogens is 753 g/mol. The monoisotopic (exact) mass is 800 g/mol. The molecule has 1 saturated heterocycles. The largest absolute Gasteiger partial charge is 0.444 e. The molecule has 1 aliphatic rings. The highest BCUT2D eigenvalue weighted by Gasteiger charge is 2.27. The number of ether oxygens (including phenoxy) is 4. The van der Waals surface area contributed by atoms with E-state index in [-0.39, 0.29) is 46.5 Å². The van der Waals surface area contributed by atoms with Gasteiger partial charge in [-0.1, -0.05) is 0 Å². The fourth-order valence-electron chi connectivity index (χ4n) is 5.59. The number of aromatic nitrogens is 4. The molecule has 5 rings (SSSR count). The van der Waals surface area contributed by atoms with Crippen molar-refractivity contribution in [1.29, 1.82) is 0 Å². The zero-order valence-corrected chi connectivity index (χ0v) is 31.4. The number of unbranched alkanes of at least 4 members (excludes halogenated alkanes) is 3. The maximum atomic E-state index is 13.0. The molecule has 0 spiro atoms. The van der Waals surface area contributed by atoms with E-state index in [2.05, 4.69) is 31.0 Å². The van der Waals surface area contributed by atoms with E-state index in [0.717, 1.165) is 64.2 Å². The van der Waals surface area contributed by atoms with Gasteiger partial charge in [0.2, 0.25) is 5.89 Å². The summed E-state index contributed by atoms with van der Waals surface area (Å²) in [5, 5.41) is 11.8. The molecule has 5 N–H and O–H groups in total. The number of pyridine rings is 1. The van der Waals surface area contributed by atoms with Gasteiger partial charge in [0.15, 0.2) is 17.7 Å². The summed E-state index contributed by atoms with van der Waals surface area (Å²) in [6.45, 7) is 3.07. The van der Waals surface area contributed by atoms with Gasteiger partial charge >= 0.3 is 6.18 Å². The number of nitrogens with one attached hydrogen (secondary N) is 3. The standard InChI is InChI=1S/C38H47F3N8O8/c39-38(40,41)25-45-31-22-27(13-15-43-31)37-47-30(24-57-37)36(52)46-29-23-49(48-33(29)34(42)50)28-11-9-26(10-12-28)35(51)44-14-3-1-4-16-53-20-21-54-17-6-7-19-56-32-8-2-5-18-55-32/h9-13,15,22-24,32H,1-8,14,16-21,25H2,(H2,42,50)(H,43,45)(H,44,51)(H,46,52). The number of nitrogens with zero attached hydrogens (tertiary/aromatic N) is 4. The molecule has 0 radical (unpaired) electrons. The first-order chi connectivity index (χ1) is 27.6. The quantitative estimate of drug-likeness (QED) is 0.0686. The van der Waals surface area contributed by atoms with Crippen LogP contribution in [0.1, 0.15) is 82.7 Å². The summed E-state index contributed by atoms with van der Waals surface area (Å²) < 4.78 is 67.0. The second-order valence-corrected chi connectivity index (χ2v) is 13.1. The fraction of sp³-hybridized carbons (Fsp3) is 0.474. The van der Waals surface area contributed by atoms with Crippen LogP contribution in [0.25, 0.3) is 17.1 Å². The van der Waals surface area contributed by atoms with Crippen molar-refractivity contribution in [3.8, 4) is 17.1 Å². The number of rotatable bonds is 23. The van der Waals surface area contributed by atoms with E-state index < -0.39 is 24.5 Å². The number of alkyl halides is 3. The minimum atomic E-state index is -4.44. The molecule has 19 heteroatoms. The third kappa shape index (κ3) is 14.3. The predicted molar refractivity (Wildman–Crippen MR) is 201 cm³/mol. The van der Waals surface area contributed by atoms with Gasteiger partial charge < -0.3 is 45.0 Å². The Balaban J connectivity index is 0.984. The number of carbonyl (C=O) groups is 3. The van der Waals surface area contributed by atoms with E-state index in [1.54, 1.807) is 24.3 Å². The number of halogens is 3. The van der Waals surface area contributed by atoms with Crippen LogP contribution in [0.3, 0.4) is 0 Å². The average Bonchev–Trinajstić information content (AvgIpc) is 3.88. The number of hydrogen-bond acceptors (Lipinski definition) is 12. The van der Waals surface area contributed by atoms with Crippen molar-refractivity contribution in [3.63, 3.8) is 0 Å². The highest BCUT2D eigenvalue weighted by atomic mass is 19.4. The van der Waals surface area contributed by atoms with Gasteiger partial charge in [-0.3, -0.25) is 14.4 Å². The zero-order chi connectivity index (χ0) is 40.5. The van der Waals surface area contributed by atoms with Gasteiger partial charge in [0, 0.05) is 50.3 Å². The molecule has 57 heavy (non-hydrogen) atoms. The normalized spacial score (nSPS) is 14.3. The molecule has 16 nitrogen and oxygen atoms in total. The summed E-state index contributed by atoms with van der Waals surface area (Å²) in [5.41, 5.74) is 6.25. The van der Waals surface area contributed by atoms with Crippen molar-refractivity contribution >= 4 is 29.2 Å². The average molecular weight is 801 g/mol.